The molecule has 0 saturated carbocycles. The van der Waals surface area contributed by atoms with Crippen molar-refractivity contribution >= 4 is 33.6 Å². The van der Waals surface area contributed by atoms with Crippen molar-refractivity contribution in [3.63, 3.8) is 0 Å². The Balaban J connectivity index is 1.65. The first-order chi connectivity index (χ1) is 12.4. The lowest BCUT2D eigenvalue weighted by Gasteiger charge is -2.04. The maximum atomic E-state index is 12.1. The largest absolute Gasteiger partial charge is 0.476 e. The summed E-state index contributed by atoms with van der Waals surface area (Å²) in [5.41, 5.74) is 2.17. The number of benzene rings is 1. The first kappa shape index (κ1) is 17.9. The Kier molecular flexibility index (Phi) is 5.17. The van der Waals surface area contributed by atoms with Crippen LogP contribution in [0.2, 0.25) is 0 Å². The fourth-order valence-electron chi connectivity index (χ4n) is 2.44. The molecule has 0 unspecified atom stereocenters. The molecule has 0 aliphatic heterocycles. The molecule has 26 heavy (non-hydrogen) atoms. The number of aromatic carboxylic acids is 1. The van der Waals surface area contributed by atoms with E-state index < -0.39 is 5.97 Å². The average Bonchev–Trinajstić information content (AvgIpc) is 3.15. The Morgan fingerprint density at radius 1 is 1.23 bits per heavy atom. The minimum atomic E-state index is -1.14. The molecule has 8 nitrogen and oxygen atoms in total. The predicted molar refractivity (Wildman–Crippen MR) is 98.0 cm³/mol. The van der Waals surface area contributed by atoms with Gasteiger partial charge in [0.1, 0.15) is 6.54 Å². The van der Waals surface area contributed by atoms with Gasteiger partial charge < -0.3 is 10.4 Å². The van der Waals surface area contributed by atoms with Crippen molar-refractivity contribution in [2.24, 2.45) is 0 Å². The van der Waals surface area contributed by atoms with Crippen LogP contribution >= 0.6 is 15.9 Å². The first-order valence-corrected chi connectivity index (χ1v) is 8.55. The zero-order valence-corrected chi connectivity index (χ0v) is 15.5. The van der Waals surface area contributed by atoms with E-state index in [1.807, 2.05) is 25.1 Å². The molecule has 3 rings (SSSR count). The number of rotatable bonds is 6. The van der Waals surface area contributed by atoms with E-state index in [4.69, 9.17) is 5.11 Å². The van der Waals surface area contributed by atoms with E-state index in [1.54, 1.807) is 10.9 Å². The molecule has 134 valence electrons. The Hall–Kier alpha value is -2.94. The molecule has 9 heteroatoms. The SMILES string of the molecule is Cc1cccc(Cn2cc(Br)c(NC(=O)Cn3ccc(C(=O)O)n3)n2)c1. The summed E-state index contributed by atoms with van der Waals surface area (Å²) in [6.07, 6.45) is 3.23. The number of hydrogen-bond donors (Lipinski definition) is 2. The molecule has 2 heterocycles. The number of carbonyl (C=O) groups is 2. The Labute approximate surface area is 157 Å². The number of hydrogen-bond acceptors (Lipinski definition) is 4. The second-order valence-electron chi connectivity index (χ2n) is 5.76. The number of nitrogens with zero attached hydrogens (tertiary/aromatic N) is 4. The van der Waals surface area contributed by atoms with E-state index in [0.29, 0.717) is 16.8 Å². The number of amides is 1. The number of anilines is 1. The minimum Gasteiger partial charge on any atom is -0.476 e. The Morgan fingerprint density at radius 3 is 2.73 bits per heavy atom. The highest BCUT2D eigenvalue weighted by molar-refractivity contribution is 9.10. The van der Waals surface area contributed by atoms with Crippen LogP contribution in [0.5, 0.6) is 0 Å². The van der Waals surface area contributed by atoms with Gasteiger partial charge in [0.2, 0.25) is 5.91 Å². The van der Waals surface area contributed by atoms with Crippen LogP contribution in [0.1, 0.15) is 21.6 Å². The molecule has 0 aliphatic carbocycles. The van der Waals surface area contributed by atoms with Crippen molar-refractivity contribution in [2.75, 3.05) is 5.32 Å². The van der Waals surface area contributed by atoms with Crippen molar-refractivity contribution in [3.8, 4) is 0 Å². The van der Waals surface area contributed by atoms with Crippen LogP contribution in [-0.4, -0.2) is 36.5 Å². The van der Waals surface area contributed by atoms with Gasteiger partial charge in [0.25, 0.3) is 0 Å². The molecule has 0 atom stereocenters. The molecule has 0 aliphatic rings. The summed E-state index contributed by atoms with van der Waals surface area (Å²) in [7, 11) is 0. The fourth-order valence-corrected chi connectivity index (χ4v) is 2.86. The summed E-state index contributed by atoms with van der Waals surface area (Å²) in [6, 6.07) is 9.44. The van der Waals surface area contributed by atoms with Gasteiger partial charge in [0.05, 0.1) is 11.0 Å². The third-order valence-corrected chi connectivity index (χ3v) is 4.15. The highest BCUT2D eigenvalue weighted by atomic mass is 79.9. The maximum absolute atomic E-state index is 12.1. The number of carboxylic acid groups (broad SMARTS) is 1. The monoisotopic (exact) mass is 417 g/mol. The maximum Gasteiger partial charge on any atom is 0.356 e. The number of aromatic nitrogens is 4. The highest BCUT2D eigenvalue weighted by Crippen LogP contribution is 2.21. The summed E-state index contributed by atoms with van der Waals surface area (Å²) >= 11 is 3.38. The second-order valence-corrected chi connectivity index (χ2v) is 6.62. The van der Waals surface area contributed by atoms with Gasteiger partial charge in [-0.05, 0) is 34.5 Å². The summed E-state index contributed by atoms with van der Waals surface area (Å²) in [6.45, 7) is 2.50. The molecule has 2 N–H and O–H groups in total. The zero-order valence-electron chi connectivity index (χ0n) is 13.9. The van der Waals surface area contributed by atoms with Crippen LogP contribution in [0.3, 0.4) is 0 Å². The fraction of sp³-hybridized carbons (Fsp3) is 0.176. The quantitative estimate of drug-likeness (QED) is 0.641. The van der Waals surface area contributed by atoms with Crippen LogP contribution in [0.25, 0.3) is 0 Å². The zero-order chi connectivity index (χ0) is 18.7. The normalized spacial score (nSPS) is 10.7. The molecule has 0 radical (unpaired) electrons. The molecule has 3 aromatic rings. The van der Waals surface area contributed by atoms with Crippen molar-refractivity contribution in [1.29, 1.82) is 0 Å². The lowest BCUT2D eigenvalue weighted by molar-refractivity contribution is -0.116. The van der Waals surface area contributed by atoms with Gasteiger partial charge in [0.15, 0.2) is 11.5 Å². The molecular formula is C17H16BrN5O3. The summed E-state index contributed by atoms with van der Waals surface area (Å²) < 4.78 is 3.65. The standard InChI is InChI=1S/C17H16BrN5O3/c1-11-3-2-4-12(7-11)8-23-9-13(18)16(21-23)19-15(24)10-22-6-5-14(20-22)17(25)26/h2-7,9H,8,10H2,1H3,(H,25,26)(H,19,21,24). The van der Waals surface area contributed by atoms with Gasteiger partial charge in [-0.25, -0.2) is 4.79 Å². The Morgan fingerprint density at radius 2 is 2.04 bits per heavy atom. The van der Waals surface area contributed by atoms with Crippen LogP contribution in [0.4, 0.5) is 5.82 Å². The van der Waals surface area contributed by atoms with Crippen LogP contribution in [0, 0.1) is 6.92 Å². The molecule has 2 aromatic heterocycles. The van der Waals surface area contributed by atoms with Gasteiger partial charge in [-0.15, -0.1) is 0 Å². The van der Waals surface area contributed by atoms with E-state index in [-0.39, 0.29) is 18.1 Å². The van der Waals surface area contributed by atoms with Crippen molar-refractivity contribution in [2.45, 2.75) is 20.0 Å². The average molecular weight is 418 g/mol. The van der Waals surface area contributed by atoms with E-state index in [2.05, 4.69) is 37.5 Å². The molecule has 0 fully saturated rings. The number of halogens is 1. The molecule has 0 spiro atoms. The van der Waals surface area contributed by atoms with Crippen LogP contribution in [0.15, 0.2) is 47.2 Å². The van der Waals surface area contributed by atoms with Crippen molar-refractivity contribution < 1.29 is 14.7 Å². The summed E-state index contributed by atoms with van der Waals surface area (Å²) in [5.74, 6) is -1.10. The Bertz CT molecular complexity index is 963. The molecule has 1 amide bonds. The van der Waals surface area contributed by atoms with Crippen LogP contribution < -0.4 is 5.32 Å². The van der Waals surface area contributed by atoms with Gasteiger partial charge in [-0.2, -0.15) is 10.2 Å². The number of nitrogens with one attached hydrogen (secondary N) is 1. The van der Waals surface area contributed by atoms with Gasteiger partial charge >= 0.3 is 5.97 Å². The van der Waals surface area contributed by atoms with Gasteiger partial charge in [0, 0.05) is 12.4 Å². The second kappa shape index (κ2) is 7.52. The van der Waals surface area contributed by atoms with E-state index in [9.17, 15) is 9.59 Å². The van der Waals surface area contributed by atoms with Gasteiger partial charge in [-0.1, -0.05) is 29.8 Å². The van der Waals surface area contributed by atoms with E-state index in [0.717, 1.165) is 5.56 Å². The summed E-state index contributed by atoms with van der Waals surface area (Å²) in [5, 5.41) is 19.7. The molecule has 0 bridgehead atoms. The van der Waals surface area contributed by atoms with Crippen molar-refractivity contribution in [3.05, 3.63) is 64.0 Å². The smallest absolute Gasteiger partial charge is 0.356 e. The highest BCUT2D eigenvalue weighted by Gasteiger charge is 2.13. The molecule has 1 aromatic carbocycles. The van der Waals surface area contributed by atoms with Crippen molar-refractivity contribution in [1.82, 2.24) is 19.6 Å². The molecular weight excluding hydrogens is 402 g/mol. The topological polar surface area (TPSA) is 102 Å². The molecule has 0 saturated heterocycles. The number of carbonyl (C=O) groups excluding carboxylic acids is 1. The number of aryl methyl sites for hydroxylation is 1. The summed E-state index contributed by atoms with van der Waals surface area (Å²) in [4.78, 5) is 23.0. The third kappa shape index (κ3) is 4.37. The predicted octanol–water partition coefficient (Wildman–Crippen LogP) is 2.54. The lowest BCUT2D eigenvalue weighted by Crippen LogP contribution is -2.20. The third-order valence-electron chi connectivity index (χ3n) is 3.57. The van der Waals surface area contributed by atoms with Crippen LogP contribution in [-0.2, 0) is 17.9 Å². The number of carboxylic acids is 1. The van der Waals surface area contributed by atoms with E-state index in [1.165, 1.54) is 22.5 Å². The minimum absolute atomic E-state index is 0.107. The van der Waals surface area contributed by atoms with Gasteiger partial charge in [-0.3, -0.25) is 14.2 Å². The first-order valence-electron chi connectivity index (χ1n) is 7.76. The van der Waals surface area contributed by atoms with E-state index >= 15 is 0 Å². The lowest BCUT2D eigenvalue weighted by atomic mass is 10.1.